The summed E-state index contributed by atoms with van der Waals surface area (Å²) in [5.41, 5.74) is -0.180. The summed E-state index contributed by atoms with van der Waals surface area (Å²) in [7, 11) is 0. The average Bonchev–Trinajstić information content (AvgIpc) is 3.15. The number of amides is 1. The first kappa shape index (κ1) is 17.6. The van der Waals surface area contributed by atoms with Gasteiger partial charge in [-0.3, -0.25) is 4.79 Å². The van der Waals surface area contributed by atoms with E-state index in [1.807, 2.05) is 26.0 Å². The smallest absolute Gasteiger partial charge is 0.333 e. The molecule has 0 aliphatic heterocycles. The van der Waals surface area contributed by atoms with E-state index in [4.69, 9.17) is 0 Å². The normalized spacial score (nSPS) is 12.6. The average molecular weight is 343 g/mol. The Balaban J connectivity index is 2.32. The van der Waals surface area contributed by atoms with Crippen LogP contribution in [0.5, 0.6) is 0 Å². The molecule has 23 heavy (non-hydrogen) atoms. The van der Waals surface area contributed by atoms with E-state index in [1.165, 1.54) is 28.5 Å². The molecule has 0 saturated heterocycles. The topological polar surface area (TPSA) is 58.4 Å². The number of nitrogens with zero attached hydrogens (tertiary/aromatic N) is 3. The molecule has 1 atom stereocenters. The number of aryl methyl sites for hydroxylation is 1. The second-order valence-corrected chi connectivity index (χ2v) is 6.50. The van der Waals surface area contributed by atoms with Crippen LogP contribution in [0.4, 0.5) is 8.78 Å². The standard InChI is InChI=1S/C15H19F2N3O2S/c1-3-11(9-21)19(8-12-5-4-10(2)23-12)14(22)13-6-7-18-20(13)15(16)17/h4-7,11,15,21H,3,8-9H2,1-2H3/t11-/m1/s1. The Hall–Kier alpha value is -1.80. The summed E-state index contributed by atoms with van der Waals surface area (Å²) in [6, 6.07) is 4.66. The Morgan fingerprint density at radius 3 is 2.70 bits per heavy atom. The molecule has 2 heterocycles. The Morgan fingerprint density at radius 1 is 1.43 bits per heavy atom. The van der Waals surface area contributed by atoms with E-state index in [1.54, 1.807) is 0 Å². The lowest BCUT2D eigenvalue weighted by atomic mass is 10.1. The van der Waals surface area contributed by atoms with E-state index in [2.05, 4.69) is 5.10 Å². The van der Waals surface area contributed by atoms with Gasteiger partial charge in [0, 0.05) is 16.0 Å². The number of hydrogen-bond donors (Lipinski definition) is 1. The second-order valence-electron chi connectivity index (χ2n) is 5.13. The molecule has 0 bridgehead atoms. The van der Waals surface area contributed by atoms with Gasteiger partial charge in [0.2, 0.25) is 0 Å². The zero-order valence-electron chi connectivity index (χ0n) is 12.9. The van der Waals surface area contributed by atoms with Crippen molar-refractivity contribution in [3.8, 4) is 0 Å². The lowest BCUT2D eigenvalue weighted by Crippen LogP contribution is -2.42. The van der Waals surface area contributed by atoms with Crippen molar-refractivity contribution >= 4 is 17.2 Å². The van der Waals surface area contributed by atoms with Gasteiger partial charge in [0.05, 0.1) is 19.2 Å². The first-order valence-corrected chi connectivity index (χ1v) is 8.08. The zero-order valence-corrected chi connectivity index (χ0v) is 13.8. The predicted molar refractivity (Wildman–Crippen MR) is 83.6 cm³/mol. The van der Waals surface area contributed by atoms with E-state index >= 15 is 0 Å². The van der Waals surface area contributed by atoms with Gasteiger partial charge in [-0.05, 0) is 31.5 Å². The van der Waals surface area contributed by atoms with Gasteiger partial charge in [-0.2, -0.15) is 18.6 Å². The summed E-state index contributed by atoms with van der Waals surface area (Å²) in [6.45, 7) is 0.949. The van der Waals surface area contributed by atoms with Crippen molar-refractivity contribution in [3.05, 3.63) is 39.8 Å². The van der Waals surface area contributed by atoms with Crippen LogP contribution in [0.3, 0.4) is 0 Å². The third-order valence-corrected chi connectivity index (χ3v) is 4.57. The van der Waals surface area contributed by atoms with Crippen molar-refractivity contribution in [1.29, 1.82) is 0 Å². The minimum absolute atomic E-state index is 0.180. The number of alkyl halides is 2. The van der Waals surface area contributed by atoms with Gasteiger partial charge in [-0.25, -0.2) is 0 Å². The first-order chi connectivity index (χ1) is 11.0. The van der Waals surface area contributed by atoms with Crippen molar-refractivity contribution in [2.24, 2.45) is 0 Å². The number of carbonyl (C=O) groups excluding carboxylic acids is 1. The maximum Gasteiger partial charge on any atom is 0.333 e. The van der Waals surface area contributed by atoms with E-state index < -0.39 is 18.5 Å². The monoisotopic (exact) mass is 343 g/mol. The number of aromatic nitrogens is 2. The minimum Gasteiger partial charge on any atom is -0.394 e. The molecule has 2 rings (SSSR count). The lowest BCUT2D eigenvalue weighted by Gasteiger charge is -2.29. The molecule has 0 aliphatic rings. The summed E-state index contributed by atoms with van der Waals surface area (Å²) in [4.78, 5) is 16.2. The highest BCUT2D eigenvalue weighted by Crippen LogP contribution is 2.22. The Morgan fingerprint density at radius 2 is 2.17 bits per heavy atom. The fraction of sp³-hybridized carbons (Fsp3) is 0.467. The largest absolute Gasteiger partial charge is 0.394 e. The van der Waals surface area contributed by atoms with E-state index in [0.29, 0.717) is 11.1 Å². The number of hydrogen-bond acceptors (Lipinski definition) is 4. The van der Waals surface area contributed by atoms with Gasteiger partial charge < -0.3 is 10.0 Å². The van der Waals surface area contributed by atoms with Crippen LogP contribution in [-0.2, 0) is 6.54 Å². The molecular weight excluding hydrogens is 324 g/mol. The number of halogens is 2. The molecule has 0 fully saturated rings. The Bertz CT molecular complexity index is 653. The SMILES string of the molecule is CC[C@H](CO)N(Cc1ccc(C)s1)C(=O)c1ccnn1C(F)F. The predicted octanol–water partition coefficient (Wildman–Crippen LogP) is 3.06. The summed E-state index contributed by atoms with van der Waals surface area (Å²) >= 11 is 1.53. The highest BCUT2D eigenvalue weighted by atomic mass is 32.1. The van der Waals surface area contributed by atoms with E-state index in [9.17, 15) is 18.7 Å². The van der Waals surface area contributed by atoms with Gasteiger partial charge >= 0.3 is 6.55 Å². The molecule has 0 aliphatic carbocycles. The van der Waals surface area contributed by atoms with Crippen molar-refractivity contribution < 1.29 is 18.7 Å². The summed E-state index contributed by atoms with van der Waals surface area (Å²) in [5.74, 6) is -0.560. The van der Waals surface area contributed by atoms with Gasteiger partial charge in [0.1, 0.15) is 5.69 Å². The van der Waals surface area contributed by atoms with Crippen LogP contribution >= 0.6 is 11.3 Å². The molecule has 0 saturated carbocycles. The second kappa shape index (κ2) is 7.65. The molecule has 0 aromatic carbocycles. The minimum atomic E-state index is -2.89. The lowest BCUT2D eigenvalue weighted by molar-refractivity contribution is 0.0394. The molecule has 2 aromatic heterocycles. The Labute approximate surface area is 137 Å². The van der Waals surface area contributed by atoms with E-state index in [0.717, 1.165) is 9.75 Å². The summed E-state index contributed by atoms with van der Waals surface area (Å²) in [5, 5.41) is 13.0. The first-order valence-electron chi connectivity index (χ1n) is 7.26. The molecule has 2 aromatic rings. The van der Waals surface area contributed by atoms with Crippen LogP contribution in [-0.4, -0.2) is 38.3 Å². The number of carbonyl (C=O) groups is 1. The van der Waals surface area contributed by atoms with Crippen molar-refractivity contribution in [1.82, 2.24) is 14.7 Å². The maximum absolute atomic E-state index is 13.0. The van der Waals surface area contributed by atoms with Gasteiger partial charge in [-0.15, -0.1) is 11.3 Å². The van der Waals surface area contributed by atoms with Gasteiger partial charge in [-0.1, -0.05) is 6.92 Å². The van der Waals surface area contributed by atoms with Crippen LogP contribution in [0.15, 0.2) is 24.4 Å². The van der Waals surface area contributed by atoms with Crippen LogP contribution in [0, 0.1) is 6.92 Å². The third-order valence-electron chi connectivity index (χ3n) is 3.58. The van der Waals surface area contributed by atoms with Crippen LogP contribution < -0.4 is 0 Å². The highest BCUT2D eigenvalue weighted by Gasteiger charge is 2.28. The van der Waals surface area contributed by atoms with Crippen molar-refractivity contribution in [2.45, 2.75) is 39.4 Å². The molecule has 5 nitrogen and oxygen atoms in total. The van der Waals surface area contributed by atoms with Crippen molar-refractivity contribution in [2.75, 3.05) is 6.61 Å². The van der Waals surface area contributed by atoms with Crippen LogP contribution in [0.1, 0.15) is 40.1 Å². The quantitative estimate of drug-likeness (QED) is 0.840. The molecule has 126 valence electrons. The molecule has 8 heteroatoms. The van der Waals surface area contributed by atoms with E-state index in [-0.39, 0.29) is 18.8 Å². The Kier molecular flexibility index (Phi) is 5.84. The third kappa shape index (κ3) is 3.94. The fourth-order valence-corrected chi connectivity index (χ4v) is 3.23. The highest BCUT2D eigenvalue weighted by molar-refractivity contribution is 7.11. The van der Waals surface area contributed by atoms with Gasteiger partial charge in [0.15, 0.2) is 0 Å². The molecule has 0 spiro atoms. The van der Waals surface area contributed by atoms with Crippen LogP contribution in [0.2, 0.25) is 0 Å². The number of rotatable bonds is 7. The number of aliphatic hydroxyl groups is 1. The summed E-state index contributed by atoms with van der Waals surface area (Å²) < 4.78 is 26.3. The summed E-state index contributed by atoms with van der Waals surface area (Å²) in [6.07, 6.45) is 1.70. The molecular formula is C15H19F2N3O2S. The van der Waals surface area contributed by atoms with Gasteiger partial charge in [0.25, 0.3) is 5.91 Å². The number of aliphatic hydroxyl groups excluding tert-OH is 1. The zero-order chi connectivity index (χ0) is 17.0. The fourth-order valence-electron chi connectivity index (χ4n) is 2.34. The molecule has 0 unspecified atom stereocenters. The molecule has 1 N–H and O–H groups in total. The van der Waals surface area contributed by atoms with Crippen molar-refractivity contribution in [3.63, 3.8) is 0 Å². The maximum atomic E-state index is 13.0. The number of thiophene rings is 1. The van der Waals surface area contributed by atoms with Crippen LogP contribution in [0.25, 0.3) is 0 Å². The molecule has 0 radical (unpaired) electrons. The molecule has 1 amide bonds.